The quantitative estimate of drug-likeness (QED) is 0.338. The molecule has 0 saturated carbocycles. The Morgan fingerprint density at radius 2 is 1.53 bits per heavy atom. The lowest BCUT2D eigenvalue weighted by Crippen LogP contribution is -2.44. The van der Waals surface area contributed by atoms with Gasteiger partial charge in [0.2, 0.25) is 0 Å². The van der Waals surface area contributed by atoms with Crippen LogP contribution in [-0.4, -0.2) is 64.0 Å². The molecule has 2 aliphatic rings. The maximum Gasteiger partial charge on any atom is 0.402 e. The predicted molar refractivity (Wildman–Crippen MR) is 111 cm³/mol. The largest absolute Gasteiger partial charge is 0.414 e. The molecule has 0 aromatic rings. The highest BCUT2D eigenvalue weighted by atomic mass is 31.2. The Balaban J connectivity index is 2.30. The molecule has 11 heteroatoms. The summed E-state index contributed by atoms with van der Waals surface area (Å²) in [5, 5.41) is -0.0553. The summed E-state index contributed by atoms with van der Waals surface area (Å²) >= 11 is 0. The third kappa shape index (κ3) is 5.01. The predicted octanol–water partition coefficient (Wildman–Crippen LogP) is 5.15. The molecule has 2 rings (SSSR count). The SMILES string of the molecule is CCOP(=O)(OCC)C(F)(F)C1O[C@H](CO[Si](C)(C)C(C)(C)C)[C@H]2OC(C)(C)O[C@@H]12. The molecule has 30 heavy (non-hydrogen) atoms. The van der Waals surface area contributed by atoms with Crippen LogP contribution in [0.4, 0.5) is 8.78 Å². The fraction of sp³-hybridized carbons (Fsp3) is 1.00. The second-order valence-corrected chi connectivity index (χ2v) is 16.6. The van der Waals surface area contributed by atoms with E-state index in [4.69, 9.17) is 27.7 Å². The minimum absolute atomic E-state index is 0.0553. The zero-order valence-corrected chi connectivity index (χ0v) is 21.4. The zero-order valence-electron chi connectivity index (χ0n) is 19.5. The van der Waals surface area contributed by atoms with Crippen molar-refractivity contribution < 1.29 is 41.0 Å². The normalized spacial score (nSPS) is 30.0. The van der Waals surface area contributed by atoms with E-state index in [1.807, 2.05) is 0 Å². The number of rotatable bonds is 9. The third-order valence-corrected chi connectivity index (χ3v) is 12.6. The van der Waals surface area contributed by atoms with Crippen LogP contribution in [0.15, 0.2) is 0 Å². The van der Waals surface area contributed by atoms with Crippen LogP contribution in [-0.2, 0) is 32.2 Å². The lowest BCUT2D eigenvalue weighted by Gasteiger charge is -2.37. The molecule has 0 radical (unpaired) electrons. The van der Waals surface area contributed by atoms with Crippen LogP contribution in [0.25, 0.3) is 0 Å². The molecular formula is C19H37F2O7PSi. The van der Waals surface area contributed by atoms with Crippen molar-refractivity contribution in [2.75, 3.05) is 19.8 Å². The van der Waals surface area contributed by atoms with Gasteiger partial charge >= 0.3 is 13.3 Å². The van der Waals surface area contributed by atoms with Gasteiger partial charge in [0.05, 0.1) is 19.8 Å². The van der Waals surface area contributed by atoms with Gasteiger partial charge < -0.3 is 27.7 Å². The van der Waals surface area contributed by atoms with E-state index in [-0.39, 0.29) is 24.9 Å². The Morgan fingerprint density at radius 1 is 1.03 bits per heavy atom. The number of alkyl halides is 2. The average Bonchev–Trinajstić information content (AvgIpc) is 3.05. The third-order valence-electron chi connectivity index (χ3n) is 5.87. The number of fused-ring (bicyclic) bond motifs is 1. The van der Waals surface area contributed by atoms with Crippen LogP contribution in [0.5, 0.6) is 0 Å². The molecule has 0 aromatic heterocycles. The molecule has 178 valence electrons. The van der Waals surface area contributed by atoms with E-state index in [1.165, 1.54) is 13.8 Å². The fourth-order valence-electron chi connectivity index (χ4n) is 3.31. The second-order valence-electron chi connectivity index (χ2n) is 9.65. The van der Waals surface area contributed by atoms with Crippen molar-refractivity contribution in [3.63, 3.8) is 0 Å². The van der Waals surface area contributed by atoms with Crippen molar-refractivity contribution in [1.29, 1.82) is 0 Å². The van der Waals surface area contributed by atoms with E-state index >= 15 is 8.78 Å². The Morgan fingerprint density at radius 3 is 2.00 bits per heavy atom. The zero-order chi connectivity index (χ0) is 23.2. The van der Waals surface area contributed by atoms with Gasteiger partial charge in [-0.25, -0.2) is 0 Å². The molecule has 0 N–H and O–H groups in total. The second kappa shape index (κ2) is 8.78. The first kappa shape index (κ1) is 26.3. The maximum absolute atomic E-state index is 15.5. The van der Waals surface area contributed by atoms with Gasteiger partial charge in [-0.05, 0) is 45.8 Å². The standard InChI is InChI=1S/C19H37F2O7PSi/c1-10-23-29(22,24-11-2)19(20,21)16-15-14(27-18(6,7)28-15)13(26-16)12-25-30(8,9)17(3,4)5/h13-16H,10-12H2,1-9H3/t13-,14-,15-,16?/m1/s1. The van der Waals surface area contributed by atoms with Crippen molar-refractivity contribution in [2.45, 2.75) is 102 Å². The summed E-state index contributed by atoms with van der Waals surface area (Å²) in [5.74, 6) is -1.08. The van der Waals surface area contributed by atoms with Crippen LogP contribution >= 0.6 is 7.60 Å². The summed E-state index contributed by atoms with van der Waals surface area (Å²) < 4.78 is 77.2. The number of ether oxygens (including phenoxy) is 3. The fourth-order valence-corrected chi connectivity index (χ4v) is 5.94. The number of halogens is 2. The monoisotopic (exact) mass is 474 g/mol. The van der Waals surface area contributed by atoms with Crippen molar-refractivity contribution in [1.82, 2.24) is 0 Å². The van der Waals surface area contributed by atoms with Gasteiger partial charge in [-0.2, -0.15) is 8.78 Å². The van der Waals surface area contributed by atoms with Crippen LogP contribution in [0, 0.1) is 0 Å². The molecule has 0 bridgehead atoms. The van der Waals surface area contributed by atoms with Gasteiger partial charge in [-0.1, -0.05) is 20.8 Å². The Kier molecular flexibility index (Phi) is 7.70. The van der Waals surface area contributed by atoms with Crippen molar-refractivity contribution in [2.24, 2.45) is 0 Å². The van der Waals surface area contributed by atoms with Gasteiger partial charge in [0, 0.05) is 0 Å². The molecule has 0 spiro atoms. The van der Waals surface area contributed by atoms with Crippen LogP contribution in [0.1, 0.15) is 48.5 Å². The summed E-state index contributed by atoms with van der Waals surface area (Å²) in [6.45, 7) is 16.4. The summed E-state index contributed by atoms with van der Waals surface area (Å²) in [4.78, 5) is 0. The van der Waals surface area contributed by atoms with E-state index in [9.17, 15) is 4.57 Å². The van der Waals surface area contributed by atoms with Crippen molar-refractivity contribution in [3.05, 3.63) is 0 Å². The molecule has 2 fully saturated rings. The molecular weight excluding hydrogens is 437 g/mol. The topological polar surface area (TPSA) is 72.5 Å². The van der Waals surface area contributed by atoms with Crippen LogP contribution < -0.4 is 0 Å². The van der Waals surface area contributed by atoms with Crippen molar-refractivity contribution in [3.8, 4) is 0 Å². The Labute approximate surface area is 179 Å². The molecule has 4 atom stereocenters. The first-order valence-corrected chi connectivity index (χ1v) is 14.9. The van der Waals surface area contributed by atoms with E-state index in [1.54, 1.807) is 13.8 Å². The van der Waals surface area contributed by atoms with Crippen molar-refractivity contribution >= 4 is 15.9 Å². The first-order valence-electron chi connectivity index (χ1n) is 10.4. The smallest absolute Gasteiger partial charge is 0.402 e. The maximum atomic E-state index is 15.5. The highest BCUT2D eigenvalue weighted by molar-refractivity contribution is 7.55. The van der Waals surface area contributed by atoms with E-state index < -0.39 is 51.8 Å². The van der Waals surface area contributed by atoms with E-state index in [0.717, 1.165) is 0 Å². The minimum Gasteiger partial charge on any atom is -0.414 e. The molecule has 0 aliphatic carbocycles. The van der Waals surface area contributed by atoms with Gasteiger partial charge in [0.25, 0.3) is 0 Å². The Hall–Kier alpha value is 0.0669. The number of hydrogen-bond acceptors (Lipinski definition) is 7. The lowest BCUT2D eigenvalue weighted by molar-refractivity contribution is -0.211. The molecule has 2 saturated heterocycles. The first-order chi connectivity index (χ1) is 13.5. The molecule has 7 nitrogen and oxygen atoms in total. The van der Waals surface area contributed by atoms with Gasteiger partial charge in [0.15, 0.2) is 20.2 Å². The van der Waals surface area contributed by atoms with Gasteiger partial charge in [-0.3, -0.25) is 4.57 Å². The molecule has 1 unspecified atom stereocenters. The van der Waals surface area contributed by atoms with Crippen LogP contribution in [0.3, 0.4) is 0 Å². The molecule has 2 aliphatic heterocycles. The molecule has 0 amide bonds. The lowest BCUT2D eigenvalue weighted by atomic mass is 10.1. The van der Waals surface area contributed by atoms with E-state index in [2.05, 4.69) is 33.9 Å². The van der Waals surface area contributed by atoms with Gasteiger partial charge in [-0.15, -0.1) is 0 Å². The van der Waals surface area contributed by atoms with Gasteiger partial charge in [0.1, 0.15) is 18.3 Å². The van der Waals surface area contributed by atoms with E-state index in [0.29, 0.717) is 0 Å². The average molecular weight is 475 g/mol. The molecule has 2 heterocycles. The van der Waals surface area contributed by atoms with Crippen LogP contribution in [0.2, 0.25) is 18.1 Å². The highest BCUT2D eigenvalue weighted by Crippen LogP contribution is 2.66. The number of hydrogen-bond donors (Lipinski definition) is 0. The summed E-state index contributed by atoms with van der Waals surface area (Å²) in [7, 11) is -6.94. The molecule has 0 aromatic carbocycles. The Bertz CT molecular complexity index is 643. The highest BCUT2D eigenvalue weighted by Gasteiger charge is 2.69. The summed E-state index contributed by atoms with van der Waals surface area (Å²) in [5.41, 5.74) is -3.92. The minimum atomic E-state index is -4.79. The summed E-state index contributed by atoms with van der Waals surface area (Å²) in [6.07, 6.45) is -4.55. The summed E-state index contributed by atoms with van der Waals surface area (Å²) in [6, 6.07) is 0.